The van der Waals surface area contributed by atoms with E-state index in [0.29, 0.717) is 0 Å². The van der Waals surface area contributed by atoms with Crippen LogP contribution in [0.4, 0.5) is 0 Å². The van der Waals surface area contributed by atoms with Gasteiger partial charge in [0.25, 0.3) is 0 Å². The van der Waals surface area contributed by atoms with Crippen LogP contribution in [-0.2, 0) is 4.79 Å². The largest absolute Gasteiger partial charge is 0.481 e. The van der Waals surface area contributed by atoms with Crippen molar-refractivity contribution < 1.29 is 9.90 Å². The Bertz CT molecular complexity index is 224. The zero-order valence-corrected chi connectivity index (χ0v) is 7.99. The van der Waals surface area contributed by atoms with Crippen LogP contribution in [0, 0.1) is 0 Å². The molecular weight excluding hydrogens is 164 g/mol. The van der Waals surface area contributed by atoms with E-state index in [1.807, 2.05) is 6.08 Å². The molecule has 0 rings (SSSR count). The lowest BCUT2D eigenvalue weighted by Gasteiger charge is -1.95. The highest BCUT2D eigenvalue weighted by molar-refractivity contribution is 5.68. The van der Waals surface area contributed by atoms with Gasteiger partial charge in [0.05, 0.1) is 6.42 Å². The van der Waals surface area contributed by atoms with E-state index in [1.54, 1.807) is 12.2 Å². The van der Waals surface area contributed by atoms with Crippen molar-refractivity contribution in [3.63, 3.8) is 0 Å². The number of hydrogen-bond donors (Lipinski definition) is 1. The van der Waals surface area contributed by atoms with E-state index < -0.39 is 5.97 Å². The molecule has 0 amide bonds. The van der Waals surface area contributed by atoms with Crippen LogP contribution in [0.3, 0.4) is 0 Å². The van der Waals surface area contributed by atoms with Gasteiger partial charge in [-0.2, -0.15) is 0 Å². The van der Waals surface area contributed by atoms with E-state index in [0.717, 1.165) is 18.4 Å². The minimum absolute atomic E-state index is 0.0708. The van der Waals surface area contributed by atoms with Crippen molar-refractivity contribution in [2.75, 3.05) is 0 Å². The lowest BCUT2D eigenvalue weighted by molar-refractivity contribution is -0.136. The van der Waals surface area contributed by atoms with Gasteiger partial charge in [-0.3, -0.25) is 4.79 Å². The topological polar surface area (TPSA) is 37.3 Å². The van der Waals surface area contributed by atoms with E-state index in [4.69, 9.17) is 5.11 Å². The van der Waals surface area contributed by atoms with Gasteiger partial charge in [-0.1, -0.05) is 37.8 Å². The molecule has 2 nitrogen and oxygen atoms in total. The number of rotatable bonds is 6. The quantitative estimate of drug-likeness (QED) is 0.504. The fraction of sp³-hybridized carbons (Fsp3) is 0.364. The predicted molar refractivity (Wildman–Crippen MR) is 54.6 cm³/mol. The number of aliphatic carboxylic acids is 1. The average Bonchev–Trinajstić information content (AvgIpc) is 2.10. The molecule has 0 aliphatic rings. The summed E-state index contributed by atoms with van der Waals surface area (Å²) in [6, 6.07) is 0. The van der Waals surface area contributed by atoms with Crippen molar-refractivity contribution in [3.05, 3.63) is 36.5 Å². The van der Waals surface area contributed by atoms with Gasteiger partial charge in [0.15, 0.2) is 0 Å². The molecule has 0 unspecified atom stereocenters. The Kier molecular flexibility index (Phi) is 6.60. The normalized spacial score (nSPS) is 11.9. The van der Waals surface area contributed by atoms with Gasteiger partial charge < -0.3 is 5.11 Å². The summed E-state index contributed by atoms with van der Waals surface area (Å²) in [5.41, 5.74) is 0.965. The van der Waals surface area contributed by atoms with Crippen LogP contribution in [0.2, 0.25) is 0 Å². The van der Waals surface area contributed by atoms with Crippen molar-refractivity contribution in [2.45, 2.75) is 26.2 Å². The van der Waals surface area contributed by atoms with Crippen LogP contribution in [-0.4, -0.2) is 11.1 Å². The third-order valence-electron chi connectivity index (χ3n) is 1.56. The van der Waals surface area contributed by atoms with Crippen LogP contribution in [0.5, 0.6) is 0 Å². The summed E-state index contributed by atoms with van der Waals surface area (Å²) in [7, 11) is 0. The Labute approximate surface area is 79.3 Å². The summed E-state index contributed by atoms with van der Waals surface area (Å²) in [6.45, 7) is 5.68. The van der Waals surface area contributed by atoms with Gasteiger partial charge in [-0.15, -0.1) is 0 Å². The van der Waals surface area contributed by atoms with Gasteiger partial charge in [0.2, 0.25) is 0 Å². The zero-order valence-electron chi connectivity index (χ0n) is 7.99. The molecule has 0 bridgehead atoms. The van der Waals surface area contributed by atoms with Crippen LogP contribution in [0.1, 0.15) is 26.2 Å². The molecule has 0 saturated carbocycles. The Balaban J connectivity index is 4.01. The van der Waals surface area contributed by atoms with Gasteiger partial charge in [0.1, 0.15) is 0 Å². The maximum absolute atomic E-state index is 10.3. The molecule has 0 atom stereocenters. The second kappa shape index (κ2) is 7.35. The molecule has 0 spiro atoms. The maximum Gasteiger partial charge on any atom is 0.307 e. The second-order valence-electron chi connectivity index (χ2n) is 2.66. The maximum atomic E-state index is 10.3. The fourth-order valence-corrected chi connectivity index (χ4v) is 0.854. The van der Waals surface area contributed by atoms with Gasteiger partial charge in [-0.25, -0.2) is 0 Å². The monoisotopic (exact) mass is 180 g/mol. The molecule has 2 heteroatoms. The molecular formula is C11H16O2. The molecule has 0 radical (unpaired) electrons. The molecule has 0 aromatic rings. The van der Waals surface area contributed by atoms with E-state index >= 15 is 0 Å². The van der Waals surface area contributed by atoms with Crippen molar-refractivity contribution in [2.24, 2.45) is 0 Å². The molecule has 0 saturated heterocycles. The second-order valence-corrected chi connectivity index (χ2v) is 2.66. The van der Waals surface area contributed by atoms with Gasteiger partial charge in [-0.05, 0) is 18.4 Å². The Morgan fingerprint density at radius 2 is 2.08 bits per heavy atom. The predicted octanol–water partition coefficient (Wildman–Crippen LogP) is 2.93. The molecule has 0 fully saturated rings. The number of allylic oxidation sites excluding steroid dienone is 4. The number of hydrogen-bond acceptors (Lipinski definition) is 1. The highest BCUT2D eigenvalue weighted by Crippen LogP contribution is 2.05. The third-order valence-corrected chi connectivity index (χ3v) is 1.56. The summed E-state index contributed by atoms with van der Waals surface area (Å²) in [5, 5.41) is 8.43. The first-order valence-corrected chi connectivity index (χ1v) is 4.39. The van der Waals surface area contributed by atoms with Gasteiger partial charge in [0, 0.05) is 0 Å². The summed E-state index contributed by atoms with van der Waals surface area (Å²) in [5.74, 6) is -0.807. The number of carbonyl (C=O) groups is 1. The van der Waals surface area contributed by atoms with Crippen LogP contribution < -0.4 is 0 Å². The summed E-state index contributed by atoms with van der Waals surface area (Å²) in [4.78, 5) is 10.3. The molecule has 72 valence electrons. The third kappa shape index (κ3) is 7.06. The zero-order chi connectivity index (χ0) is 10.1. The molecule has 1 N–H and O–H groups in total. The SMILES string of the molecule is C=CC(=CCC(=O)O)CC=CCC. The summed E-state index contributed by atoms with van der Waals surface area (Å²) in [6.07, 6.45) is 9.31. The first-order valence-electron chi connectivity index (χ1n) is 4.39. The first kappa shape index (κ1) is 11.7. The Morgan fingerprint density at radius 3 is 2.54 bits per heavy atom. The molecule has 0 aliphatic heterocycles. The number of carboxylic acid groups (broad SMARTS) is 1. The van der Waals surface area contributed by atoms with Crippen LogP contribution in [0.25, 0.3) is 0 Å². The molecule has 0 aromatic carbocycles. The molecule has 0 heterocycles. The Hall–Kier alpha value is -1.31. The average molecular weight is 180 g/mol. The smallest absolute Gasteiger partial charge is 0.307 e. The summed E-state index contributed by atoms with van der Waals surface area (Å²) >= 11 is 0. The van der Waals surface area contributed by atoms with Crippen molar-refractivity contribution in [1.29, 1.82) is 0 Å². The standard InChI is InChI=1S/C11H16O2/c1-3-5-6-7-10(4-2)8-9-11(12)13/h4-6,8H,2-3,7,9H2,1H3,(H,12,13). The molecule has 0 aromatic heterocycles. The molecule has 0 aliphatic carbocycles. The lowest BCUT2D eigenvalue weighted by Crippen LogP contribution is -1.91. The van der Waals surface area contributed by atoms with E-state index in [2.05, 4.69) is 19.6 Å². The van der Waals surface area contributed by atoms with Gasteiger partial charge >= 0.3 is 5.97 Å². The van der Waals surface area contributed by atoms with Crippen molar-refractivity contribution in [3.8, 4) is 0 Å². The Morgan fingerprint density at radius 1 is 1.38 bits per heavy atom. The van der Waals surface area contributed by atoms with Crippen molar-refractivity contribution >= 4 is 5.97 Å². The number of carboxylic acids is 1. The first-order chi connectivity index (χ1) is 6.20. The van der Waals surface area contributed by atoms with E-state index in [9.17, 15) is 4.79 Å². The minimum atomic E-state index is -0.807. The molecule has 13 heavy (non-hydrogen) atoms. The van der Waals surface area contributed by atoms with Crippen LogP contribution >= 0.6 is 0 Å². The van der Waals surface area contributed by atoms with E-state index in [1.165, 1.54) is 0 Å². The van der Waals surface area contributed by atoms with E-state index in [-0.39, 0.29) is 6.42 Å². The van der Waals surface area contributed by atoms with Crippen molar-refractivity contribution in [1.82, 2.24) is 0 Å². The highest BCUT2D eigenvalue weighted by Gasteiger charge is 1.93. The lowest BCUT2D eigenvalue weighted by atomic mass is 10.1. The fourth-order valence-electron chi connectivity index (χ4n) is 0.854. The highest BCUT2D eigenvalue weighted by atomic mass is 16.4. The van der Waals surface area contributed by atoms with Crippen LogP contribution in [0.15, 0.2) is 36.5 Å². The summed E-state index contributed by atoms with van der Waals surface area (Å²) < 4.78 is 0. The minimum Gasteiger partial charge on any atom is -0.481 e.